The Hall–Kier alpha value is -2.68. The highest BCUT2D eigenvalue weighted by molar-refractivity contribution is 5.72. The number of H-pyrrole nitrogens is 1. The van der Waals surface area contributed by atoms with E-state index in [0.29, 0.717) is 0 Å². The molecule has 0 saturated heterocycles. The highest BCUT2D eigenvalue weighted by atomic mass is 16.5. The van der Waals surface area contributed by atoms with Crippen molar-refractivity contribution in [3.8, 4) is 33.9 Å². The molecule has 0 spiro atoms. The number of benzene rings is 2. The molecular formula is C18H17NO2. The largest absolute Gasteiger partial charge is 0.497 e. The number of aromatic amines is 1. The molecular weight excluding hydrogens is 262 g/mol. The van der Waals surface area contributed by atoms with E-state index >= 15 is 0 Å². The van der Waals surface area contributed by atoms with Gasteiger partial charge in [0.2, 0.25) is 0 Å². The Kier molecular flexibility index (Phi) is 3.65. The third-order valence-corrected chi connectivity index (χ3v) is 3.51. The lowest BCUT2D eigenvalue weighted by Gasteiger charge is -2.02. The van der Waals surface area contributed by atoms with Crippen molar-refractivity contribution in [2.75, 3.05) is 14.2 Å². The second kappa shape index (κ2) is 5.75. The summed E-state index contributed by atoms with van der Waals surface area (Å²) in [6.07, 6.45) is 2.02. The van der Waals surface area contributed by atoms with Crippen LogP contribution in [0.25, 0.3) is 22.4 Å². The van der Waals surface area contributed by atoms with Crippen molar-refractivity contribution in [2.24, 2.45) is 0 Å². The maximum atomic E-state index is 5.18. The Morgan fingerprint density at radius 1 is 0.667 bits per heavy atom. The topological polar surface area (TPSA) is 34.2 Å². The number of hydrogen-bond acceptors (Lipinski definition) is 2. The molecule has 0 fully saturated rings. The monoisotopic (exact) mass is 279 g/mol. The molecule has 2 aromatic carbocycles. The number of aromatic nitrogens is 1. The van der Waals surface area contributed by atoms with Crippen molar-refractivity contribution in [3.05, 3.63) is 60.8 Å². The number of methoxy groups -OCH3 is 2. The van der Waals surface area contributed by atoms with Crippen LogP contribution in [-0.2, 0) is 0 Å². The summed E-state index contributed by atoms with van der Waals surface area (Å²) in [5.41, 5.74) is 4.54. The van der Waals surface area contributed by atoms with E-state index < -0.39 is 0 Å². The molecule has 0 atom stereocenters. The van der Waals surface area contributed by atoms with E-state index in [1.165, 1.54) is 0 Å². The van der Waals surface area contributed by atoms with Gasteiger partial charge >= 0.3 is 0 Å². The Morgan fingerprint density at radius 2 is 1.19 bits per heavy atom. The fourth-order valence-electron chi connectivity index (χ4n) is 2.28. The standard InChI is InChI=1S/C18H17NO2/c1-20-16-7-3-13(4-8-16)15-11-18(19-12-15)14-5-9-17(21-2)10-6-14/h3-12,19H,1-2H3. The third-order valence-electron chi connectivity index (χ3n) is 3.51. The van der Waals surface area contributed by atoms with E-state index in [1.807, 2.05) is 42.6 Å². The van der Waals surface area contributed by atoms with Gasteiger partial charge in [-0.05, 0) is 59.2 Å². The molecule has 3 aromatic rings. The maximum Gasteiger partial charge on any atom is 0.118 e. The van der Waals surface area contributed by atoms with Crippen LogP contribution in [0.1, 0.15) is 0 Å². The summed E-state index contributed by atoms with van der Waals surface area (Å²) in [4.78, 5) is 3.31. The van der Waals surface area contributed by atoms with E-state index in [9.17, 15) is 0 Å². The number of hydrogen-bond donors (Lipinski definition) is 1. The lowest BCUT2D eigenvalue weighted by atomic mass is 10.1. The predicted octanol–water partition coefficient (Wildman–Crippen LogP) is 4.37. The van der Waals surface area contributed by atoms with Crippen molar-refractivity contribution in [1.82, 2.24) is 4.98 Å². The smallest absolute Gasteiger partial charge is 0.118 e. The molecule has 0 unspecified atom stereocenters. The van der Waals surface area contributed by atoms with E-state index in [0.717, 1.165) is 33.9 Å². The molecule has 1 aromatic heterocycles. The molecule has 3 nitrogen and oxygen atoms in total. The average molecular weight is 279 g/mol. The zero-order valence-electron chi connectivity index (χ0n) is 12.1. The minimum atomic E-state index is 0.862. The Morgan fingerprint density at radius 3 is 1.71 bits per heavy atom. The van der Waals surface area contributed by atoms with Gasteiger partial charge in [0.05, 0.1) is 14.2 Å². The summed E-state index contributed by atoms with van der Waals surface area (Å²) in [5.74, 6) is 1.73. The second-order valence-electron chi connectivity index (χ2n) is 4.76. The van der Waals surface area contributed by atoms with Gasteiger partial charge in [0.25, 0.3) is 0 Å². The van der Waals surface area contributed by atoms with Gasteiger partial charge in [0, 0.05) is 11.9 Å². The molecule has 1 N–H and O–H groups in total. The SMILES string of the molecule is COc1ccc(-c2c[nH]c(-c3ccc(OC)cc3)c2)cc1. The van der Waals surface area contributed by atoms with Gasteiger partial charge in [-0.1, -0.05) is 12.1 Å². The lowest BCUT2D eigenvalue weighted by Crippen LogP contribution is -1.82. The molecule has 3 heteroatoms. The van der Waals surface area contributed by atoms with Crippen molar-refractivity contribution in [3.63, 3.8) is 0 Å². The van der Waals surface area contributed by atoms with Crippen molar-refractivity contribution in [2.45, 2.75) is 0 Å². The normalized spacial score (nSPS) is 10.4. The van der Waals surface area contributed by atoms with Crippen LogP contribution in [-0.4, -0.2) is 19.2 Å². The molecule has 0 aliphatic heterocycles. The highest BCUT2D eigenvalue weighted by Crippen LogP contribution is 2.28. The van der Waals surface area contributed by atoms with Crippen molar-refractivity contribution in [1.29, 1.82) is 0 Å². The molecule has 0 amide bonds. The lowest BCUT2D eigenvalue weighted by molar-refractivity contribution is 0.415. The first-order chi connectivity index (χ1) is 10.3. The summed E-state index contributed by atoms with van der Waals surface area (Å²) in [6, 6.07) is 18.2. The van der Waals surface area contributed by atoms with E-state index in [4.69, 9.17) is 9.47 Å². The summed E-state index contributed by atoms with van der Waals surface area (Å²) in [6.45, 7) is 0. The minimum Gasteiger partial charge on any atom is -0.497 e. The molecule has 0 bridgehead atoms. The first kappa shape index (κ1) is 13.3. The van der Waals surface area contributed by atoms with E-state index in [-0.39, 0.29) is 0 Å². The molecule has 21 heavy (non-hydrogen) atoms. The van der Waals surface area contributed by atoms with Gasteiger partial charge < -0.3 is 14.5 Å². The maximum absolute atomic E-state index is 5.18. The highest BCUT2D eigenvalue weighted by Gasteiger charge is 2.04. The third kappa shape index (κ3) is 2.77. The van der Waals surface area contributed by atoms with Crippen LogP contribution in [0.5, 0.6) is 11.5 Å². The van der Waals surface area contributed by atoms with Crippen LogP contribution in [0.15, 0.2) is 60.8 Å². The fraction of sp³-hybridized carbons (Fsp3) is 0.111. The minimum absolute atomic E-state index is 0.862. The molecule has 0 radical (unpaired) electrons. The van der Waals surface area contributed by atoms with Crippen LogP contribution in [0.3, 0.4) is 0 Å². The van der Waals surface area contributed by atoms with Gasteiger partial charge in [-0.3, -0.25) is 0 Å². The average Bonchev–Trinajstić information content (AvgIpc) is 3.05. The Balaban J connectivity index is 1.87. The van der Waals surface area contributed by atoms with Gasteiger partial charge in [-0.2, -0.15) is 0 Å². The zero-order chi connectivity index (χ0) is 14.7. The second-order valence-corrected chi connectivity index (χ2v) is 4.76. The summed E-state index contributed by atoms with van der Waals surface area (Å²) in [5, 5.41) is 0. The summed E-state index contributed by atoms with van der Waals surface area (Å²) >= 11 is 0. The van der Waals surface area contributed by atoms with Crippen LogP contribution in [0, 0.1) is 0 Å². The number of ether oxygens (including phenoxy) is 2. The molecule has 0 saturated carbocycles. The molecule has 106 valence electrons. The van der Waals surface area contributed by atoms with Crippen LogP contribution in [0.2, 0.25) is 0 Å². The first-order valence-electron chi connectivity index (χ1n) is 6.77. The Labute approximate surface area is 124 Å². The first-order valence-corrected chi connectivity index (χ1v) is 6.77. The quantitative estimate of drug-likeness (QED) is 0.769. The number of rotatable bonds is 4. The van der Waals surface area contributed by atoms with Gasteiger partial charge in [-0.25, -0.2) is 0 Å². The molecule has 1 heterocycles. The van der Waals surface area contributed by atoms with Crippen molar-refractivity contribution >= 4 is 0 Å². The zero-order valence-corrected chi connectivity index (χ0v) is 12.1. The molecule has 3 rings (SSSR count). The predicted molar refractivity (Wildman–Crippen MR) is 84.8 cm³/mol. The Bertz CT molecular complexity index is 650. The van der Waals surface area contributed by atoms with Gasteiger partial charge in [0.15, 0.2) is 0 Å². The summed E-state index contributed by atoms with van der Waals surface area (Å²) in [7, 11) is 3.35. The van der Waals surface area contributed by atoms with Crippen LogP contribution >= 0.6 is 0 Å². The van der Waals surface area contributed by atoms with Crippen LogP contribution in [0.4, 0.5) is 0 Å². The van der Waals surface area contributed by atoms with E-state index in [1.54, 1.807) is 14.2 Å². The fourth-order valence-corrected chi connectivity index (χ4v) is 2.28. The van der Waals surface area contributed by atoms with Crippen molar-refractivity contribution < 1.29 is 9.47 Å². The molecule has 0 aliphatic rings. The van der Waals surface area contributed by atoms with E-state index in [2.05, 4.69) is 23.2 Å². The summed E-state index contributed by atoms with van der Waals surface area (Å²) < 4.78 is 10.4. The van der Waals surface area contributed by atoms with Crippen LogP contribution < -0.4 is 9.47 Å². The molecule has 0 aliphatic carbocycles. The van der Waals surface area contributed by atoms with Gasteiger partial charge in [0.1, 0.15) is 11.5 Å². The van der Waals surface area contributed by atoms with Gasteiger partial charge in [-0.15, -0.1) is 0 Å². The number of nitrogens with one attached hydrogen (secondary N) is 1.